The number of hydrogen-bond acceptors (Lipinski definition) is 4. The van der Waals surface area contributed by atoms with Crippen LogP contribution < -0.4 is 10.6 Å². The monoisotopic (exact) mass is 700 g/mol. The van der Waals surface area contributed by atoms with Crippen molar-refractivity contribution in [2.75, 3.05) is 11.9 Å². The van der Waals surface area contributed by atoms with E-state index >= 15 is 0 Å². The summed E-state index contributed by atoms with van der Waals surface area (Å²) >= 11 is 31.3. The summed E-state index contributed by atoms with van der Waals surface area (Å²) in [6, 6.07) is 19.8. The average molecular weight is 703 g/mol. The molecule has 4 rings (SSSR count). The zero-order valence-electron chi connectivity index (χ0n) is 24.7. The molecular formula is C33H32Cl4N6OS. The highest BCUT2D eigenvalue weighted by Gasteiger charge is 2.23. The largest absolute Gasteiger partial charge is 0.351 e. The van der Waals surface area contributed by atoms with Crippen molar-refractivity contribution in [2.24, 2.45) is 5.92 Å². The maximum atomic E-state index is 13.4. The maximum Gasteiger partial charge on any atom is 0.226 e. The summed E-state index contributed by atoms with van der Waals surface area (Å²) in [5, 5.41) is 17.8. The van der Waals surface area contributed by atoms with Crippen molar-refractivity contribution in [1.29, 1.82) is 5.26 Å². The van der Waals surface area contributed by atoms with Crippen LogP contribution in [-0.4, -0.2) is 38.1 Å². The molecule has 0 spiro atoms. The van der Waals surface area contributed by atoms with Crippen molar-refractivity contribution in [1.82, 2.24) is 19.8 Å². The number of carbonyl (C=O) groups excluding carboxylic acids is 1. The van der Waals surface area contributed by atoms with Gasteiger partial charge < -0.3 is 20.1 Å². The molecule has 0 unspecified atom stereocenters. The number of nitrogens with zero attached hydrogens (tertiary/aromatic N) is 4. The third-order valence-electron chi connectivity index (χ3n) is 6.99. The Hall–Kier alpha value is -3.32. The second-order valence-electron chi connectivity index (χ2n) is 11.0. The predicted octanol–water partition coefficient (Wildman–Crippen LogP) is 8.39. The molecule has 0 saturated heterocycles. The first-order chi connectivity index (χ1) is 21.5. The zero-order chi connectivity index (χ0) is 32.5. The average Bonchev–Trinajstić information content (AvgIpc) is 3.42. The molecule has 45 heavy (non-hydrogen) atoms. The highest BCUT2D eigenvalue weighted by Crippen LogP contribution is 2.29. The fraction of sp³-hybridized carbons (Fsp3) is 0.273. The molecule has 1 aromatic heterocycles. The van der Waals surface area contributed by atoms with Crippen LogP contribution in [0, 0.1) is 17.2 Å². The van der Waals surface area contributed by atoms with E-state index in [4.69, 9.17) is 63.9 Å². The van der Waals surface area contributed by atoms with E-state index < -0.39 is 0 Å². The zero-order valence-corrected chi connectivity index (χ0v) is 28.6. The van der Waals surface area contributed by atoms with Gasteiger partial charge in [0.25, 0.3) is 0 Å². The van der Waals surface area contributed by atoms with Crippen molar-refractivity contribution in [3.63, 3.8) is 0 Å². The van der Waals surface area contributed by atoms with Crippen LogP contribution in [0.4, 0.5) is 5.69 Å². The van der Waals surface area contributed by atoms with Crippen molar-refractivity contribution < 1.29 is 4.79 Å². The molecule has 0 aliphatic rings. The lowest BCUT2D eigenvalue weighted by atomic mass is 10.0. The van der Waals surface area contributed by atoms with Gasteiger partial charge in [-0.15, -0.1) is 0 Å². The summed E-state index contributed by atoms with van der Waals surface area (Å²) < 4.78 is 1.93. The second-order valence-corrected chi connectivity index (χ2v) is 13.1. The highest BCUT2D eigenvalue weighted by molar-refractivity contribution is 7.80. The van der Waals surface area contributed by atoms with E-state index in [-0.39, 0.29) is 18.4 Å². The molecular weight excluding hydrogens is 670 g/mol. The van der Waals surface area contributed by atoms with E-state index in [0.717, 1.165) is 16.8 Å². The van der Waals surface area contributed by atoms with Crippen LogP contribution in [0.15, 0.2) is 73.2 Å². The molecule has 1 heterocycles. The van der Waals surface area contributed by atoms with Gasteiger partial charge >= 0.3 is 0 Å². The number of thiocarbonyl (C=S) groups is 1. The Morgan fingerprint density at radius 1 is 1.07 bits per heavy atom. The van der Waals surface area contributed by atoms with Gasteiger partial charge in [-0.3, -0.25) is 4.79 Å². The molecule has 0 fully saturated rings. The predicted molar refractivity (Wildman–Crippen MR) is 187 cm³/mol. The van der Waals surface area contributed by atoms with Crippen LogP contribution in [0.3, 0.4) is 0 Å². The van der Waals surface area contributed by atoms with E-state index in [1.165, 1.54) is 0 Å². The molecule has 2 N–H and O–H groups in total. The lowest BCUT2D eigenvalue weighted by Gasteiger charge is -2.32. The summed E-state index contributed by atoms with van der Waals surface area (Å²) in [4.78, 5) is 19.7. The summed E-state index contributed by atoms with van der Waals surface area (Å²) in [5.41, 5.74) is 3.77. The standard InChI is InChI=1S/C33H32Cl4N6OS/c1-21(2)12-26(40-31(44)14-27-16-39-20-43(27)17-23-8-6-22(15-38)7-9-23)19-42(18-24-4-3-5-28(35)32(24)37)33(45)41-30-11-10-25(34)13-29(30)36/h3-11,13,16,20-21,26H,12,14,17-19H2,1-2H3,(H,40,44)(H,41,45)/t26-/m0/s1. The highest BCUT2D eigenvalue weighted by atomic mass is 35.5. The topological polar surface area (TPSA) is 86.0 Å². The van der Waals surface area contributed by atoms with Gasteiger partial charge in [-0.25, -0.2) is 4.98 Å². The summed E-state index contributed by atoms with van der Waals surface area (Å²) in [7, 11) is 0. The van der Waals surface area contributed by atoms with Crippen LogP contribution >= 0.6 is 58.6 Å². The Bertz CT molecular complexity index is 1690. The first kappa shape index (κ1) is 34.6. The molecule has 4 aromatic rings. The summed E-state index contributed by atoms with van der Waals surface area (Å²) in [5.74, 6) is 0.156. The Kier molecular flexibility index (Phi) is 12.5. The normalized spacial score (nSPS) is 11.6. The molecule has 1 amide bonds. The van der Waals surface area contributed by atoms with Crippen LogP contribution in [0.5, 0.6) is 0 Å². The number of imidazole rings is 1. The smallest absolute Gasteiger partial charge is 0.226 e. The maximum absolute atomic E-state index is 13.4. The van der Waals surface area contributed by atoms with Crippen LogP contribution in [-0.2, 0) is 24.3 Å². The molecule has 12 heteroatoms. The number of anilines is 1. The third-order valence-corrected chi connectivity index (χ3v) is 8.76. The minimum absolute atomic E-state index is 0.136. The number of benzene rings is 3. The van der Waals surface area contributed by atoms with E-state index in [9.17, 15) is 4.79 Å². The van der Waals surface area contributed by atoms with Crippen molar-refractivity contribution in [2.45, 2.75) is 45.8 Å². The Labute approximate surface area is 289 Å². The van der Waals surface area contributed by atoms with E-state index in [1.54, 1.807) is 48.9 Å². The minimum Gasteiger partial charge on any atom is -0.351 e. The van der Waals surface area contributed by atoms with Crippen molar-refractivity contribution >= 4 is 75.3 Å². The van der Waals surface area contributed by atoms with E-state index in [0.29, 0.717) is 68.4 Å². The molecule has 234 valence electrons. The number of nitrogens with one attached hydrogen (secondary N) is 2. The first-order valence-corrected chi connectivity index (χ1v) is 16.2. The van der Waals surface area contributed by atoms with Gasteiger partial charge in [-0.05, 0) is 72.1 Å². The molecule has 1 atom stereocenters. The van der Waals surface area contributed by atoms with Gasteiger partial charge in [0.1, 0.15) is 0 Å². The van der Waals surface area contributed by atoms with Gasteiger partial charge in [0.2, 0.25) is 5.91 Å². The summed E-state index contributed by atoms with van der Waals surface area (Å²) in [6.07, 6.45) is 4.26. The Morgan fingerprint density at radius 3 is 2.51 bits per heavy atom. The molecule has 0 radical (unpaired) electrons. The Balaban J connectivity index is 1.52. The molecule has 0 aliphatic heterocycles. The van der Waals surface area contributed by atoms with Crippen LogP contribution in [0.25, 0.3) is 0 Å². The number of nitriles is 1. The van der Waals surface area contributed by atoms with Crippen molar-refractivity contribution in [3.05, 3.63) is 116 Å². The molecule has 0 saturated carbocycles. The summed E-state index contributed by atoms with van der Waals surface area (Å²) in [6.45, 7) is 5.49. The van der Waals surface area contributed by atoms with Gasteiger partial charge in [-0.2, -0.15) is 5.26 Å². The number of aromatic nitrogens is 2. The van der Waals surface area contributed by atoms with E-state index in [1.807, 2.05) is 33.7 Å². The molecule has 7 nitrogen and oxygen atoms in total. The Morgan fingerprint density at radius 2 is 1.82 bits per heavy atom. The van der Waals surface area contributed by atoms with Gasteiger partial charge in [0, 0.05) is 42.6 Å². The van der Waals surface area contributed by atoms with Crippen molar-refractivity contribution in [3.8, 4) is 6.07 Å². The lowest BCUT2D eigenvalue weighted by Crippen LogP contribution is -2.47. The van der Waals surface area contributed by atoms with Crippen LogP contribution in [0.2, 0.25) is 20.1 Å². The fourth-order valence-electron chi connectivity index (χ4n) is 4.86. The van der Waals surface area contributed by atoms with Gasteiger partial charge in [-0.1, -0.05) is 84.5 Å². The quantitative estimate of drug-likeness (QED) is 0.144. The first-order valence-electron chi connectivity index (χ1n) is 14.2. The minimum atomic E-state index is -0.245. The second kappa shape index (κ2) is 16.3. The number of hydrogen-bond donors (Lipinski definition) is 2. The van der Waals surface area contributed by atoms with E-state index in [2.05, 4.69) is 35.5 Å². The number of amides is 1. The number of carbonyl (C=O) groups is 1. The SMILES string of the molecule is CC(C)C[C@@H](CN(Cc1cccc(Cl)c1Cl)C(=S)Nc1ccc(Cl)cc1Cl)NC(=O)Cc1cncn1Cc1ccc(C#N)cc1. The lowest BCUT2D eigenvalue weighted by molar-refractivity contribution is -0.121. The van der Waals surface area contributed by atoms with Crippen LogP contribution in [0.1, 0.15) is 42.7 Å². The van der Waals surface area contributed by atoms with Gasteiger partial charge in [0.05, 0.1) is 45.1 Å². The number of halogens is 4. The molecule has 0 bridgehead atoms. The fourth-order valence-corrected chi connectivity index (χ4v) is 5.94. The number of rotatable bonds is 12. The molecule has 0 aliphatic carbocycles. The van der Waals surface area contributed by atoms with Gasteiger partial charge in [0.15, 0.2) is 5.11 Å². The third kappa shape index (κ3) is 10.1. The molecule has 3 aromatic carbocycles.